The minimum atomic E-state index is -0.719. The molecule has 1 heterocycles. The Hall–Kier alpha value is -2.33. The van der Waals surface area contributed by atoms with E-state index < -0.39 is 5.97 Å². The van der Waals surface area contributed by atoms with Gasteiger partial charge in [0.2, 0.25) is 0 Å². The predicted octanol–water partition coefficient (Wildman–Crippen LogP) is 3.00. The van der Waals surface area contributed by atoms with E-state index in [4.69, 9.17) is 4.74 Å². The lowest BCUT2D eigenvalue weighted by molar-refractivity contribution is -0.141. The number of carboxylic acids is 1. The van der Waals surface area contributed by atoms with Crippen molar-refractivity contribution in [3.05, 3.63) is 65.7 Å². The summed E-state index contributed by atoms with van der Waals surface area (Å²) in [5, 5.41) is 9.38. The van der Waals surface area contributed by atoms with E-state index in [0.29, 0.717) is 13.2 Å². The van der Waals surface area contributed by atoms with Crippen molar-refractivity contribution in [2.45, 2.75) is 12.5 Å². The van der Waals surface area contributed by atoms with Crippen molar-refractivity contribution in [3.63, 3.8) is 0 Å². The first kappa shape index (κ1) is 15.6. The molecular formula is C19H21NO3. The maximum Gasteiger partial charge on any atom is 0.308 e. The molecule has 3 rings (SSSR count). The summed E-state index contributed by atoms with van der Waals surface area (Å²) < 4.78 is 5.78. The first-order chi connectivity index (χ1) is 11.1. The minimum absolute atomic E-state index is 0.0423. The number of nitrogens with zero attached hydrogens (tertiary/aromatic N) is 1. The Morgan fingerprint density at radius 3 is 2.48 bits per heavy atom. The highest BCUT2D eigenvalue weighted by atomic mass is 16.5. The molecular weight excluding hydrogens is 290 g/mol. The summed E-state index contributed by atoms with van der Waals surface area (Å²) in [5.74, 6) is -0.212. The van der Waals surface area contributed by atoms with E-state index in [0.717, 1.165) is 23.4 Å². The van der Waals surface area contributed by atoms with Crippen molar-refractivity contribution in [2.75, 3.05) is 20.1 Å². The molecule has 2 aromatic rings. The van der Waals surface area contributed by atoms with Crippen LogP contribution in [0.15, 0.2) is 54.6 Å². The van der Waals surface area contributed by atoms with Crippen LogP contribution in [-0.2, 0) is 11.4 Å². The second-order valence-electron chi connectivity index (χ2n) is 6.12. The van der Waals surface area contributed by atoms with Gasteiger partial charge in [-0.05, 0) is 30.3 Å². The lowest BCUT2D eigenvalue weighted by atomic mass is 9.89. The fourth-order valence-electron chi connectivity index (χ4n) is 3.14. The number of carbonyl (C=O) groups is 1. The number of hydrogen-bond donors (Lipinski definition) is 1. The van der Waals surface area contributed by atoms with Gasteiger partial charge in [0, 0.05) is 19.0 Å². The fourth-order valence-corrected chi connectivity index (χ4v) is 3.14. The molecule has 1 aliphatic heterocycles. The van der Waals surface area contributed by atoms with Crippen molar-refractivity contribution >= 4 is 5.97 Å². The van der Waals surface area contributed by atoms with Gasteiger partial charge in [-0.25, -0.2) is 0 Å². The van der Waals surface area contributed by atoms with E-state index in [1.54, 1.807) is 0 Å². The van der Waals surface area contributed by atoms with Crippen LogP contribution >= 0.6 is 0 Å². The first-order valence-electron chi connectivity index (χ1n) is 7.81. The molecule has 0 amide bonds. The van der Waals surface area contributed by atoms with Gasteiger partial charge >= 0.3 is 5.97 Å². The molecule has 0 aliphatic carbocycles. The van der Waals surface area contributed by atoms with E-state index in [1.807, 2.05) is 61.6 Å². The number of likely N-dealkylation sites (tertiary alicyclic amines) is 1. The van der Waals surface area contributed by atoms with Gasteiger partial charge in [-0.3, -0.25) is 4.79 Å². The third kappa shape index (κ3) is 3.71. The number of hydrogen-bond acceptors (Lipinski definition) is 3. The molecule has 2 aromatic carbocycles. The Kier molecular flexibility index (Phi) is 4.63. The largest absolute Gasteiger partial charge is 0.489 e. The van der Waals surface area contributed by atoms with Crippen LogP contribution in [0.4, 0.5) is 0 Å². The first-order valence-corrected chi connectivity index (χ1v) is 7.81. The molecule has 1 saturated heterocycles. The molecule has 2 atom stereocenters. The summed E-state index contributed by atoms with van der Waals surface area (Å²) in [7, 11) is 1.97. The van der Waals surface area contributed by atoms with Crippen LogP contribution < -0.4 is 4.74 Å². The zero-order chi connectivity index (χ0) is 16.2. The Balaban J connectivity index is 1.66. The van der Waals surface area contributed by atoms with Gasteiger partial charge in [0.05, 0.1) is 5.92 Å². The molecule has 0 saturated carbocycles. The van der Waals surface area contributed by atoms with Gasteiger partial charge in [-0.1, -0.05) is 42.5 Å². The zero-order valence-corrected chi connectivity index (χ0v) is 13.2. The zero-order valence-electron chi connectivity index (χ0n) is 13.2. The summed E-state index contributed by atoms with van der Waals surface area (Å²) in [5.41, 5.74) is 2.19. The van der Waals surface area contributed by atoms with Crippen molar-refractivity contribution in [1.29, 1.82) is 0 Å². The van der Waals surface area contributed by atoms with Crippen LogP contribution in [0.2, 0.25) is 0 Å². The van der Waals surface area contributed by atoms with E-state index in [2.05, 4.69) is 4.90 Å². The SMILES string of the molecule is CN1C[C@H](c2ccc(OCc3ccccc3)cc2)[C@H](C(=O)O)C1. The van der Waals surface area contributed by atoms with E-state index >= 15 is 0 Å². The topological polar surface area (TPSA) is 49.8 Å². The lowest BCUT2D eigenvalue weighted by Crippen LogP contribution is -2.21. The van der Waals surface area contributed by atoms with E-state index in [1.165, 1.54) is 0 Å². The molecule has 0 aromatic heterocycles. The molecule has 120 valence electrons. The Labute approximate surface area is 136 Å². The highest BCUT2D eigenvalue weighted by Gasteiger charge is 2.36. The number of ether oxygens (including phenoxy) is 1. The summed E-state index contributed by atoms with van der Waals surface area (Å²) in [6.07, 6.45) is 0. The van der Waals surface area contributed by atoms with Gasteiger partial charge in [0.1, 0.15) is 12.4 Å². The Morgan fingerprint density at radius 2 is 1.83 bits per heavy atom. The summed E-state index contributed by atoms with van der Waals surface area (Å²) in [6, 6.07) is 17.8. The predicted molar refractivity (Wildman–Crippen MR) is 88.6 cm³/mol. The molecule has 0 spiro atoms. The van der Waals surface area contributed by atoms with Gasteiger partial charge in [0.15, 0.2) is 0 Å². The van der Waals surface area contributed by atoms with Crippen LogP contribution in [-0.4, -0.2) is 36.1 Å². The van der Waals surface area contributed by atoms with Crippen molar-refractivity contribution in [1.82, 2.24) is 4.90 Å². The lowest BCUT2D eigenvalue weighted by Gasteiger charge is -2.15. The van der Waals surface area contributed by atoms with Crippen molar-refractivity contribution in [2.24, 2.45) is 5.92 Å². The molecule has 23 heavy (non-hydrogen) atoms. The number of aliphatic carboxylic acids is 1. The maximum atomic E-state index is 11.4. The highest BCUT2D eigenvalue weighted by molar-refractivity contribution is 5.72. The molecule has 0 bridgehead atoms. The Bertz CT molecular complexity index is 654. The third-order valence-electron chi connectivity index (χ3n) is 4.38. The molecule has 1 fully saturated rings. The molecule has 4 heteroatoms. The fraction of sp³-hybridized carbons (Fsp3) is 0.316. The summed E-state index contributed by atoms with van der Waals surface area (Å²) >= 11 is 0. The smallest absolute Gasteiger partial charge is 0.308 e. The van der Waals surface area contributed by atoms with Crippen molar-refractivity contribution < 1.29 is 14.6 Å². The monoisotopic (exact) mass is 311 g/mol. The number of carboxylic acid groups (broad SMARTS) is 1. The normalized spacial score (nSPS) is 21.3. The molecule has 0 radical (unpaired) electrons. The van der Waals surface area contributed by atoms with Crippen LogP contribution in [0, 0.1) is 5.92 Å². The van der Waals surface area contributed by atoms with E-state index in [-0.39, 0.29) is 11.8 Å². The molecule has 4 nitrogen and oxygen atoms in total. The van der Waals surface area contributed by atoms with Gasteiger partial charge in [0.25, 0.3) is 0 Å². The van der Waals surface area contributed by atoms with Crippen LogP contribution in [0.25, 0.3) is 0 Å². The number of likely N-dealkylation sites (N-methyl/N-ethyl adjacent to an activating group) is 1. The van der Waals surface area contributed by atoms with Gasteiger partial charge in [-0.2, -0.15) is 0 Å². The summed E-state index contributed by atoms with van der Waals surface area (Å²) in [4.78, 5) is 13.5. The second kappa shape index (κ2) is 6.84. The molecule has 1 N–H and O–H groups in total. The maximum absolute atomic E-state index is 11.4. The van der Waals surface area contributed by atoms with Crippen LogP contribution in [0.3, 0.4) is 0 Å². The van der Waals surface area contributed by atoms with Crippen LogP contribution in [0.5, 0.6) is 5.75 Å². The summed E-state index contributed by atoms with van der Waals surface area (Å²) in [6.45, 7) is 1.91. The Morgan fingerprint density at radius 1 is 1.13 bits per heavy atom. The number of benzene rings is 2. The van der Waals surface area contributed by atoms with Gasteiger partial charge < -0.3 is 14.7 Å². The quantitative estimate of drug-likeness (QED) is 0.922. The molecule has 0 unspecified atom stereocenters. The minimum Gasteiger partial charge on any atom is -0.489 e. The average molecular weight is 311 g/mol. The third-order valence-corrected chi connectivity index (χ3v) is 4.38. The average Bonchev–Trinajstić information content (AvgIpc) is 2.97. The molecule has 1 aliphatic rings. The van der Waals surface area contributed by atoms with Crippen LogP contribution in [0.1, 0.15) is 17.0 Å². The van der Waals surface area contributed by atoms with E-state index in [9.17, 15) is 9.90 Å². The van der Waals surface area contributed by atoms with Gasteiger partial charge in [-0.15, -0.1) is 0 Å². The second-order valence-corrected chi connectivity index (χ2v) is 6.12. The highest BCUT2D eigenvalue weighted by Crippen LogP contribution is 2.33. The number of rotatable bonds is 5. The van der Waals surface area contributed by atoms with Crippen molar-refractivity contribution in [3.8, 4) is 5.75 Å². The standard InChI is InChI=1S/C19H21NO3/c1-20-11-17(18(12-20)19(21)22)15-7-9-16(10-8-15)23-13-14-5-3-2-4-6-14/h2-10,17-18H,11-13H2,1H3,(H,21,22)/t17-,18-/m1/s1.